The number of rotatable bonds is 3. The molecule has 3 fully saturated rings. The minimum atomic E-state index is 0.419. The van der Waals surface area contributed by atoms with E-state index in [0.29, 0.717) is 18.2 Å². The Hall–Kier alpha value is -0.770. The fourth-order valence-corrected chi connectivity index (χ4v) is 3.10. The SMILES string of the molecule is CN=C(NCC1CCC1)NC1CC2CCC1O2. The van der Waals surface area contributed by atoms with Crippen LogP contribution in [0.3, 0.4) is 0 Å². The molecule has 4 heteroatoms. The largest absolute Gasteiger partial charge is 0.373 e. The second kappa shape index (κ2) is 4.84. The Balaban J connectivity index is 1.45. The van der Waals surface area contributed by atoms with E-state index in [1.807, 2.05) is 7.05 Å². The zero-order chi connectivity index (χ0) is 11.7. The number of hydrogen-bond acceptors (Lipinski definition) is 2. The van der Waals surface area contributed by atoms with Crippen molar-refractivity contribution in [2.75, 3.05) is 13.6 Å². The van der Waals surface area contributed by atoms with Crippen LogP contribution in [0, 0.1) is 5.92 Å². The molecule has 3 atom stereocenters. The van der Waals surface area contributed by atoms with Gasteiger partial charge in [-0.05, 0) is 38.0 Å². The molecule has 2 bridgehead atoms. The van der Waals surface area contributed by atoms with Gasteiger partial charge in [-0.2, -0.15) is 0 Å². The highest BCUT2D eigenvalue weighted by atomic mass is 16.5. The Kier molecular flexibility index (Phi) is 3.23. The van der Waals surface area contributed by atoms with Gasteiger partial charge in [-0.15, -0.1) is 0 Å². The van der Waals surface area contributed by atoms with E-state index in [4.69, 9.17) is 4.74 Å². The molecule has 17 heavy (non-hydrogen) atoms. The summed E-state index contributed by atoms with van der Waals surface area (Å²) in [6, 6.07) is 0.473. The summed E-state index contributed by atoms with van der Waals surface area (Å²) in [6.45, 7) is 1.07. The number of guanidine groups is 1. The van der Waals surface area contributed by atoms with Crippen molar-refractivity contribution < 1.29 is 4.74 Å². The first-order valence-corrected chi connectivity index (χ1v) is 6.98. The van der Waals surface area contributed by atoms with Crippen molar-refractivity contribution in [2.45, 2.75) is 56.8 Å². The monoisotopic (exact) mass is 237 g/mol. The fraction of sp³-hybridized carbons (Fsp3) is 0.923. The maximum Gasteiger partial charge on any atom is 0.191 e. The van der Waals surface area contributed by atoms with Crippen LogP contribution in [0.1, 0.15) is 38.5 Å². The normalized spacial score (nSPS) is 37.0. The van der Waals surface area contributed by atoms with E-state index in [1.54, 1.807) is 0 Å². The third-order valence-electron chi connectivity index (χ3n) is 4.43. The smallest absolute Gasteiger partial charge is 0.191 e. The predicted octanol–water partition coefficient (Wildman–Crippen LogP) is 1.27. The van der Waals surface area contributed by atoms with Crippen LogP contribution in [0.2, 0.25) is 0 Å². The van der Waals surface area contributed by atoms with Crippen molar-refractivity contribution in [3.8, 4) is 0 Å². The number of aliphatic imine (C=N–C) groups is 1. The van der Waals surface area contributed by atoms with E-state index in [9.17, 15) is 0 Å². The molecule has 2 N–H and O–H groups in total. The van der Waals surface area contributed by atoms with Crippen molar-refractivity contribution in [3.05, 3.63) is 0 Å². The molecule has 0 radical (unpaired) electrons. The number of hydrogen-bond donors (Lipinski definition) is 2. The van der Waals surface area contributed by atoms with E-state index in [-0.39, 0.29) is 0 Å². The molecule has 0 spiro atoms. The van der Waals surface area contributed by atoms with E-state index < -0.39 is 0 Å². The van der Waals surface area contributed by atoms with Crippen molar-refractivity contribution in [3.63, 3.8) is 0 Å². The van der Waals surface area contributed by atoms with Gasteiger partial charge in [0.25, 0.3) is 0 Å². The molecule has 2 saturated heterocycles. The Bertz CT molecular complexity index is 301. The molecule has 1 saturated carbocycles. The molecule has 0 aromatic rings. The van der Waals surface area contributed by atoms with Crippen molar-refractivity contribution >= 4 is 5.96 Å². The molecule has 4 nitrogen and oxygen atoms in total. The summed E-state index contributed by atoms with van der Waals surface area (Å²) < 4.78 is 5.84. The second-order valence-corrected chi connectivity index (χ2v) is 5.61. The summed E-state index contributed by atoms with van der Waals surface area (Å²) in [5.41, 5.74) is 0. The molecule has 2 heterocycles. The minimum absolute atomic E-state index is 0.419. The van der Waals surface area contributed by atoms with Crippen LogP contribution in [0.5, 0.6) is 0 Å². The third kappa shape index (κ3) is 2.41. The van der Waals surface area contributed by atoms with Gasteiger partial charge in [-0.1, -0.05) is 6.42 Å². The van der Waals surface area contributed by atoms with Crippen LogP contribution >= 0.6 is 0 Å². The highest BCUT2D eigenvalue weighted by molar-refractivity contribution is 5.80. The zero-order valence-electron chi connectivity index (χ0n) is 10.6. The number of nitrogens with one attached hydrogen (secondary N) is 2. The van der Waals surface area contributed by atoms with Gasteiger partial charge in [0.1, 0.15) is 0 Å². The highest BCUT2D eigenvalue weighted by Gasteiger charge is 2.41. The Morgan fingerprint density at radius 3 is 2.71 bits per heavy atom. The lowest BCUT2D eigenvalue weighted by atomic mass is 9.85. The van der Waals surface area contributed by atoms with Crippen LogP contribution < -0.4 is 10.6 Å². The Morgan fingerprint density at radius 2 is 2.18 bits per heavy atom. The van der Waals surface area contributed by atoms with Gasteiger partial charge in [-0.3, -0.25) is 4.99 Å². The molecule has 3 rings (SSSR count). The lowest BCUT2D eigenvalue weighted by Gasteiger charge is -2.28. The van der Waals surface area contributed by atoms with Crippen LogP contribution in [-0.2, 0) is 4.74 Å². The molecule has 1 aliphatic carbocycles. The number of nitrogens with zero attached hydrogens (tertiary/aromatic N) is 1. The molecule has 3 unspecified atom stereocenters. The van der Waals surface area contributed by atoms with Gasteiger partial charge >= 0.3 is 0 Å². The van der Waals surface area contributed by atoms with Gasteiger partial charge in [0, 0.05) is 13.6 Å². The first kappa shape index (κ1) is 11.3. The Labute approximate surface area is 103 Å². The zero-order valence-corrected chi connectivity index (χ0v) is 10.6. The average Bonchev–Trinajstić information content (AvgIpc) is 2.87. The standard InChI is InChI=1S/C13H23N3O/c1-14-13(15-8-9-3-2-4-9)16-11-7-10-5-6-12(11)17-10/h9-12H,2-8H2,1H3,(H2,14,15,16). The molecule has 0 aromatic carbocycles. The molecule has 0 amide bonds. The molecule has 3 aliphatic rings. The molecular formula is C13H23N3O. The van der Waals surface area contributed by atoms with Crippen molar-refractivity contribution in [2.24, 2.45) is 10.9 Å². The fourth-order valence-electron chi connectivity index (χ4n) is 3.10. The summed E-state index contributed by atoms with van der Waals surface area (Å²) in [4.78, 5) is 4.30. The van der Waals surface area contributed by atoms with Crippen LogP contribution in [0.25, 0.3) is 0 Å². The summed E-state index contributed by atoms with van der Waals surface area (Å²) in [5.74, 6) is 1.82. The van der Waals surface area contributed by atoms with Crippen molar-refractivity contribution in [1.82, 2.24) is 10.6 Å². The highest BCUT2D eigenvalue weighted by Crippen LogP contribution is 2.34. The van der Waals surface area contributed by atoms with Gasteiger partial charge in [0.15, 0.2) is 5.96 Å². The van der Waals surface area contributed by atoms with Crippen LogP contribution in [0.4, 0.5) is 0 Å². The molecule has 96 valence electrons. The maximum absolute atomic E-state index is 5.84. The summed E-state index contributed by atoms with van der Waals surface area (Å²) in [6.07, 6.45) is 8.68. The summed E-state index contributed by atoms with van der Waals surface area (Å²) >= 11 is 0. The van der Waals surface area contributed by atoms with Gasteiger partial charge < -0.3 is 15.4 Å². The first-order chi connectivity index (χ1) is 8.35. The summed E-state index contributed by atoms with van der Waals surface area (Å²) in [5, 5.41) is 6.96. The van der Waals surface area contributed by atoms with Crippen molar-refractivity contribution in [1.29, 1.82) is 0 Å². The lowest BCUT2D eigenvalue weighted by Crippen LogP contribution is -2.48. The lowest BCUT2D eigenvalue weighted by molar-refractivity contribution is 0.0992. The predicted molar refractivity (Wildman–Crippen MR) is 68.1 cm³/mol. The van der Waals surface area contributed by atoms with Gasteiger partial charge in [0.05, 0.1) is 18.2 Å². The molecular weight excluding hydrogens is 214 g/mol. The second-order valence-electron chi connectivity index (χ2n) is 5.61. The maximum atomic E-state index is 5.84. The molecule has 2 aliphatic heterocycles. The Morgan fingerprint density at radius 1 is 1.29 bits per heavy atom. The van der Waals surface area contributed by atoms with E-state index >= 15 is 0 Å². The minimum Gasteiger partial charge on any atom is -0.373 e. The summed E-state index contributed by atoms with van der Waals surface area (Å²) in [7, 11) is 1.85. The third-order valence-corrected chi connectivity index (χ3v) is 4.43. The van der Waals surface area contributed by atoms with E-state index in [2.05, 4.69) is 15.6 Å². The molecule has 0 aromatic heterocycles. The van der Waals surface area contributed by atoms with Crippen LogP contribution in [0.15, 0.2) is 4.99 Å². The number of ether oxygens (including phenoxy) is 1. The van der Waals surface area contributed by atoms with Crippen LogP contribution in [-0.4, -0.2) is 37.8 Å². The average molecular weight is 237 g/mol. The first-order valence-electron chi connectivity index (χ1n) is 6.98. The quantitative estimate of drug-likeness (QED) is 0.574. The van der Waals surface area contributed by atoms with E-state index in [1.165, 1.54) is 32.1 Å². The van der Waals surface area contributed by atoms with Gasteiger partial charge in [-0.25, -0.2) is 0 Å². The van der Waals surface area contributed by atoms with Gasteiger partial charge in [0.2, 0.25) is 0 Å². The topological polar surface area (TPSA) is 45.7 Å². The van der Waals surface area contributed by atoms with E-state index in [0.717, 1.165) is 24.8 Å². The number of fused-ring (bicyclic) bond motifs is 2.